The van der Waals surface area contributed by atoms with E-state index in [1.165, 1.54) is 12.8 Å². The van der Waals surface area contributed by atoms with Crippen molar-refractivity contribution in [3.05, 3.63) is 30.0 Å². The zero-order chi connectivity index (χ0) is 12.7. The summed E-state index contributed by atoms with van der Waals surface area (Å²) in [5, 5.41) is 9.67. The third-order valence-corrected chi connectivity index (χ3v) is 3.22. The molecule has 1 N–H and O–H groups in total. The number of hydrogen-bond donors (Lipinski definition) is 1. The SMILES string of the molecule is CN(c1ncc2cc(C(=O)O)ccc2n1)C1CC1. The Labute approximate surface area is 104 Å². The highest BCUT2D eigenvalue weighted by Gasteiger charge is 2.27. The van der Waals surface area contributed by atoms with E-state index >= 15 is 0 Å². The number of aromatic carboxylic acids is 1. The Balaban J connectivity index is 2.02. The first kappa shape index (κ1) is 11.0. The molecule has 0 saturated heterocycles. The molecule has 0 spiro atoms. The maximum absolute atomic E-state index is 10.9. The third-order valence-electron chi connectivity index (χ3n) is 3.22. The molecule has 3 rings (SSSR count). The van der Waals surface area contributed by atoms with Gasteiger partial charge in [0.05, 0.1) is 11.1 Å². The Kier molecular flexibility index (Phi) is 2.40. The third kappa shape index (κ3) is 1.88. The van der Waals surface area contributed by atoms with Crippen LogP contribution in [0.4, 0.5) is 5.95 Å². The van der Waals surface area contributed by atoms with E-state index in [-0.39, 0.29) is 5.56 Å². The van der Waals surface area contributed by atoms with Gasteiger partial charge in [-0.25, -0.2) is 14.8 Å². The molecule has 1 aliphatic carbocycles. The molecule has 0 aliphatic heterocycles. The van der Waals surface area contributed by atoms with Crippen molar-refractivity contribution in [1.29, 1.82) is 0 Å². The van der Waals surface area contributed by atoms with Crippen molar-refractivity contribution in [2.45, 2.75) is 18.9 Å². The van der Waals surface area contributed by atoms with Crippen LogP contribution in [0.3, 0.4) is 0 Å². The lowest BCUT2D eigenvalue weighted by atomic mass is 10.1. The zero-order valence-electron chi connectivity index (χ0n) is 10.00. The Morgan fingerprint density at radius 1 is 1.44 bits per heavy atom. The first-order chi connectivity index (χ1) is 8.65. The highest BCUT2D eigenvalue weighted by molar-refractivity contribution is 5.93. The summed E-state index contributed by atoms with van der Waals surface area (Å²) in [5.74, 6) is -0.232. The van der Waals surface area contributed by atoms with Crippen LogP contribution in [-0.2, 0) is 0 Å². The zero-order valence-corrected chi connectivity index (χ0v) is 10.00. The number of fused-ring (bicyclic) bond motifs is 1. The van der Waals surface area contributed by atoms with E-state index in [0.29, 0.717) is 12.0 Å². The molecule has 1 heterocycles. The second-order valence-electron chi connectivity index (χ2n) is 4.59. The number of carbonyl (C=O) groups is 1. The van der Waals surface area contributed by atoms with E-state index in [2.05, 4.69) is 14.9 Å². The standard InChI is InChI=1S/C13H13N3O2/c1-16(10-3-4-10)13-14-7-9-6-8(12(17)18)2-5-11(9)15-13/h2,5-7,10H,3-4H2,1H3,(H,17,18). The summed E-state index contributed by atoms with van der Waals surface area (Å²) in [6, 6.07) is 5.45. The van der Waals surface area contributed by atoms with Gasteiger partial charge in [-0.15, -0.1) is 0 Å². The van der Waals surface area contributed by atoms with Crippen molar-refractivity contribution in [3.8, 4) is 0 Å². The predicted molar refractivity (Wildman–Crippen MR) is 67.9 cm³/mol. The maximum Gasteiger partial charge on any atom is 0.335 e. The van der Waals surface area contributed by atoms with Gasteiger partial charge in [0.15, 0.2) is 0 Å². The molecule has 0 radical (unpaired) electrons. The van der Waals surface area contributed by atoms with Gasteiger partial charge in [-0.3, -0.25) is 0 Å². The van der Waals surface area contributed by atoms with Gasteiger partial charge in [0, 0.05) is 24.7 Å². The summed E-state index contributed by atoms with van der Waals surface area (Å²) >= 11 is 0. The van der Waals surface area contributed by atoms with Crippen molar-refractivity contribution in [3.63, 3.8) is 0 Å². The van der Waals surface area contributed by atoms with Crippen LogP contribution in [-0.4, -0.2) is 34.1 Å². The van der Waals surface area contributed by atoms with Crippen molar-refractivity contribution in [2.75, 3.05) is 11.9 Å². The first-order valence-electron chi connectivity index (χ1n) is 5.88. The largest absolute Gasteiger partial charge is 0.478 e. The van der Waals surface area contributed by atoms with Gasteiger partial charge in [-0.2, -0.15) is 0 Å². The average molecular weight is 243 g/mol. The number of aromatic nitrogens is 2. The van der Waals surface area contributed by atoms with Crippen LogP contribution in [0.5, 0.6) is 0 Å². The van der Waals surface area contributed by atoms with E-state index in [9.17, 15) is 4.79 Å². The molecule has 2 aromatic rings. The van der Waals surface area contributed by atoms with Gasteiger partial charge in [-0.05, 0) is 31.0 Å². The Morgan fingerprint density at radius 3 is 2.89 bits per heavy atom. The number of nitrogens with zero attached hydrogens (tertiary/aromatic N) is 3. The summed E-state index contributed by atoms with van der Waals surface area (Å²) in [7, 11) is 1.99. The fourth-order valence-corrected chi connectivity index (χ4v) is 1.95. The number of carboxylic acid groups (broad SMARTS) is 1. The number of hydrogen-bond acceptors (Lipinski definition) is 4. The van der Waals surface area contributed by atoms with Crippen molar-refractivity contribution < 1.29 is 9.90 Å². The predicted octanol–water partition coefficient (Wildman–Crippen LogP) is 1.93. The Morgan fingerprint density at radius 2 is 2.22 bits per heavy atom. The molecule has 0 amide bonds. The van der Waals surface area contributed by atoms with Crippen molar-refractivity contribution in [2.24, 2.45) is 0 Å². The highest BCUT2D eigenvalue weighted by Crippen LogP contribution is 2.28. The second kappa shape index (κ2) is 3.94. The lowest BCUT2D eigenvalue weighted by Gasteiger charge is -2.15. The molecule has 5 heteroatoms. The van der Waals surface area contributed by atoms with E-state index in [0.717, 1.165) is 10.9 Å². The number of anilines is 1. The molecule has 18 heavy (non-hydrogen) atoms. The van der Waals surface area contributed by atoms with Crippen LogP contribution in [0.25, 0.3) is 10.9 Å². The molecular formula is C13H13N3O2. The normalized spacial score (nSPS) is 14.7. The number of carboxylic acids is 1. The van der Waals surface area contributed by atoms with E-state index in [1.54, 1.807) is 24.4 Å². The average Bonchev–Trinajstić information content (AvgIpc) is 3.20. The minimum Gasteiger partial charge on any atom is -0.478 e. The minimum absolute atomic E-state index is 0.259. The van der Waals surface area contributed by atoms with Gasteiger partial charge in [0.25, 0.3) is 0 Å². The van der Waals surface area contributed by atoms with E-state index in [1.807, 2.05) is 7.05 Å². The molecule has 0 unspecified atom stereocenters. The van der Waals surface area contributed by atoms with E-state index < -0.39 is 5.97 Å². The molecule has 1 aliphatic rings. The summed E-state index contributed by atoms with van der Waals surface area (Å²) in [5.41, 5.74) is 1.03. The van der Waals surface area contributed by atoms with Crippen molar-refractivity contribution >= 4 is 22.8 Å². The van der Waals surface area contributed by atoms with E-state index in [4.69, 9.17) is 5.11 Å². The van der Waals surface area contributed by atoms with Crippen molar-refractivity contribution in [1.82, 2.24) is 9.97 Å². The van der Waals surface area contributed by atoms with Gasteiger partial charge in [0.2, 0.25) is 5.95 Å². The lowest BCUT2D eigenvalue weighted by Crippen LogP contribution is -2.21. The molecule has 92 valence electrons. The minimum atomic E-state index is -0.934. The molecular weight excluding hydrogens is 230 g/mol. The number of benzene rings is 1. The molecule has 0 atom stereocenters. The van der Waals surface area contributed by atoms with Crippen LogP contribution in [0.2, 0.25) is 0 Å². The Bertz CT molecular complexity index is 623. The monoisotopic (exact) mass is 243 g/mol. The fraction of sp³-hybridized carbons (Fsp3) is 0.308. The molecule has 0 bridgehead atoms. The summed E-state index contributed by atoms with van der Waals surface area (Å²) in [6.45, 7) is 0. The highest BCUT2D eigenvalue weighted by atomic mass is 16.4. The second-order valence-corrected chi connectivity index (χ2v) is 4.59. The topological polar surface area (TPSA) is 66.3 Å². The van der Waals surface area contributed by atoms with Gasteiger partial charge < -0.3 is 10.0 Å². The first-order valence-corrected chi connectivity index (χ1v) is 5.88. The number of rotatable bonds is 3. The molecule has 1 saturated carbocycles. The lowest BCUT2D eigenvalue weighted by molar-refractivity contribution is 0.0697. The summed E-state index contributed by atoms with van der Waals surface area (Å²) in [4.78, 5) is 21.7. The van der Waals surface area contributed by atoms with Crippen LogP contribution >= 0.6 is 0 Å². The summed E-state index contributed by atoms with van der Waals surface area (Å²) in [6.07, 6.45) is 4.06. The Hall–Kier alpha value is -2.17. The smallest absolute Gasteiger partial charge is 0.335 e. The molecule has 1 aromatic carbocycles. The van der Waals surface area contributed by atoms with Crippen LogP contribution in [0, 0.1) is 0 Å². The van der Waals surface area contributed by atoms with Crippen LogP contribution in [0.15, 0.2) is 24.4 Å². The van der Waals surface area contributed by atoms with Gasteiger partial charge in [0.1, 0.15) is 0 Å². The molecule has 1 aromatic heterocycles. The summed E-state index contributed by atoms with van der Waals surface area (Å²) < 4.78 is 0. The van der Waals surface area contributed by atoms with Gasteiger partial charge >= 0.3 is 5.97 Å². The fourth-order valence-electron chi connectivity index (χ4n) is 1.95. The van der Waals surface area contributed by atoms with Gasteiger partial charge in [-0.1, -0.05) is 0 Å². The van der Waals surface area contributed by atoms with Crippen LogP contribution < -0.4 is 4.90 Å². The maximum atomic E-state index is 10.9. The van der Waals surface area contributed by atoms with Crippen LogP contribution in [0.1, 0.15) is 23.2 Å². The molecule has 1 fully saturated rings. The quantitative estimate of drug-likeness (QED) is 0.892. The molecule has 5 nitrogen and oxygen atoms in total.